The van der Waals surface area contributed by atoms with E-state index in [9.17, 15) is 0 Å². The van der Waals surface area contributed by atoms with Crippen molar-refractivity contribution >= 4 is 5.82 Å². The van der Waals surface area contributed by atoms with Gasteiger partial charge in [-0.3, -0.25) is 4.90 Å². The molecule has 128 valence electrons. The molecule has 0 amide bonds. The first-order valence-electron chi connectivity index (χ1n) is 9.08. The van der Waals surface area contributed by atoms with E-state index in [1.165, 1.54) is 31.3 Å². The molecule has 2 unspecified atom stereocenters. The van der Waals surface area contributed by atoms with Crippen molar-refractivity contribution < 1.29 is 0 Å². The van der Waals surface area contributed by atoms with E-state index in [0.29, 0.717) is 17.7 Å². The number of aromatic nitrogens is 2. The fourth-order valence-electron chi connectivity index (χ4n) is 4.31. The predicted octanol–water partition coefficient (Wildman–Crippen LogP) is 2.84. The van der Waals surface area contributed by atoms with E-state index in [4.69, 9.17) is 5.26 Å². The molecule has 2 aromatic rings. The number of piperidine rings is 2. The van der Waals surface area contributed by atoms with Crippen LogP contribution in [0.4, 0.5) is 5.82 Å². The molecule has 2 aliphatic rings. The maximum atomic E-state index is 9.06. The predicted molar refractivity (Wildman–Crippen MR) is 96.9 cm³/mol. The van der Waals surface area contributed by atoms with Gasteiger partial charge in [0.05, 0.1) is 0 Å². The molecule has 0 spiro atoms. The Morgan fingerprint density at radius 3 is 2.84 bits per heavy atom. The van der Waals surface area contributed by atoms with Gasteiger partial charge in [-0.2, -0.15) is 5.26 Å². The molecule has 0 saturated carbocycles. The van der Waals surface area contributed by atoms with Gasteiger partial charge in [0, 0.05) is 31.7 Å². The molecule has 2 atom stereocenters. The number of likely N-dealkylation sites (tertiary alicyclic amines) is 1. The van der Waals surface area contributed by atoms with Gasteiger partial charge in [-0.05, 0) is 37.3 Å². The van der Waals surface area contributed by atoms with E-state index >= 15 is 0 Å². The van der Waals surface area contributed by atoms with Crippen molar-refractivity contribution in [2.75, 3.05) is 24.5 Å². The van der Waals surface area contributed by atoms with Gasteiger partial charge in [0.15, 0.2) is 0 Å². The van der Waals surface area contributed by atoms with Crippen molar-refractivity contribution in [1.29, 1.82) is 5.26 Å². The van der Waals surface area contributed by atoms with Gasteiger partial charge in [0.1, 0.15) is 23.9 Å². The molecule has 2 fully saturated rings. The summed E-state index contributed by atoms with van der Waals surface area (Å²) in [6.45, 7) is 4.27. The number of fused-ring (bicyclic) bond motifs is 1. The Morgan fingerprint density at radius 2 is 2.00 bits per heavy atom. The van der Waals surface area contributed by atoms with Crippen LogP contribution >= 0.6 is 0 Å². The average molecular weight is 333 g/mol. The summed E-state index contributed by atoms with van der Waals surface area (Å²) in [6.07, 6.45) is 5.20. The van der Waals surface area contributed by atoms with Crippen molar-refractivity contribution in [3.63, 3.8) is 0 Å². The van der Waals surface area contributed by atoms with Crippen LogP contribution in [0.5, 0.6) is 0 Å². The summed E-state index contributed by atoms with van der Waals surface area (Å²) in [5.74, 6) is 1.57. The van der Waals surface area contributed by atoms with Crippen molar-refractivity contribution in [3.05, 3.63) is 54.0 Å². The van der Waals surface area contributed by atoms with Crippen molar-refractivity contribution in [3.8, 4) is 6.07 Å². The summed E-state index contributed by atoms with van der Waals surface area (Å²) in [7, 11) is 0. The lowest BCUT2D eigenvalue weighted by atomic mass is 9.83. The first-order valence-corrected chi connectivity index (χ1v) is 9.08. The second-order valence-corrected chi connectivity index (χ2v) is 7.03. The van der Waals surface area contributed by atoms with Gasteiger partial charge in [0.25, 0.3) is 0 Å². The van der Waals surface area contributed by atoms with E-state index in [1.54, 1.807) is 0 Å². The van der Waals surface area contributed by atoms with E-state index in [1.807, 2.05) is 6.07 Å². The molecular formula is C20H23N5. The summed E-state index contributed by atoms with van der Waals surface area (Å²) >= 11 is 0. The Balaban J connectivity index is 1.46. The van der Waals surface area contributed by atoms with Crippen LogP contribution in [0.2, 0.25) is 0 Å². The monoisotopic (exact) mass is 333 g/mol. The van der Waals surface area contributed by atoms with E-state index < -0.39 is 0 Å². The van der Waals surface area contributed by atoms with E-state index in [-0.39, 0.29) is 0 Å². The smallest absolute Gasteiger partial charge is 0.145 e. The summed E-state index contributed by atoms with van der Waals surface area (Å²) in [4.78, 5) is 13.4. The van der Waals surface area contributed by atoms with E-state index in [0.717, 1.165) is 31.9 Å². The number of benzene rings is 1. The SMILES string of the molecule is N#Cc1cc(N2CCC3C(CCCN3Cc3ccccc3)C2)ncn1. The van der Waals surface area contributed by atoms with Crippen LogP contribution in [0.25, 0.3) is 0 Å². The molecule has 2 saturated heterocycles. The highest BCUT2D eigenvalue weighted by molar-refractivity contribution is 5.42. The van der Waals surface area contributed by atoms with Crippen LogP contribution in [0.15, 0.2) is 42.7 Å². The maximum absolute atomic E-state index is 9.06. The van der Waals surface area contributed by atoms with Crippen LogP contribution in [0.3, 0.4) is 0 Å². The largest absolute Gasteiger partial charge is 0.356 e. The molecule has 0 radical (unpaired) electrons. The van der Waals surface area contributed by atoms with Gasteiger partial charge in [-0.15, -0.1) is 0 Å². The standard InChI is InChI=1S/C20H23N5/c21-12-18-11-20(23-15-22-18)25-10-8-19-17(14-25)7-4-9-24(19)13-16-5-2-1-3-6-16/h1-3,5-6,11,15,17,19H,4,7-10,13-14H2. The zero-order valence-corrected chi connectivity index (χ0v) is 14.4. The molecule has 3 heterocycles. The number of nitriles is 1. The maximum Gasteiger partial charge on any atom is 0.145 e. The molecule has 1 aromatic carbocycles. The normalized spacial score (nSPS) is 23.7. The van der Waals surface area contributed by atoms with Crippen LogP contribution in [-0.2, 0) is 6.54 Å². The molecular weight excluding hydrogens is 310 g/mol. The van der Waals surface area contributed by atoms with Gasteiger partial charge in [-0.1, -0.05) is 30.3 Å². The minimum absolute atomic E-state index is 0.446. The van der Waals surface area contributed by atoms with Gasteiger partial charge in [0.2, 0.25) is 0 Å². The van der Waals surface area contributed by atoms with Crippen LogP contribution in [0, 0.1) is 17.2 Å². The summed E-state index contributed by atoms with van der Waals surface area (Å²) < 4.78 is 0. The second-order valence-electron chi connectivity index (χ2n) is 7.03. The first kappa shape index (κ1) is 16.0. The molecule has 0 N–H and O–H groups in total. The Hall–Kier alpha value is -2.45. The molecule has 0 aliphatic carbocycles. The Morgan fingerprint density at radius 1 is 1.12 bits per heavy atom. The van der Waals surface area contributed by atoms with Crippen molar-refractivity contribution in [2.24, 2.45) is 5.92 Å². The third kappa shape index (κ3) is 3.49. The molecule has 5 nitrogen and oxygen atoms in total. The zero-order chi connectivity index (χ0) is 17.1. The summed E-state index contributed by atoms with van der Waals surface area (Å²) in [5, 5.41) is 9.06. The topological polar surface area (TPSA) is 56.1 Å². The Bertz CT molecular complexity index is 754. The fourth-order valence-corrected chi connectivity index (χ4v) is 4.31. The third-order valence-electron chi connectivity index (χ3n) is 5.50. The average Bonchev–Trinajstić information content (AvgIpc) is 2.69. The minimum atomic E-state index is 0.446. The second kappa shape index (κ2) is 7.20. The quantitative estimate of drug-likeness (QED) is 0.864. The van der Waals surface area contributed by atoms with Crippen LogP contribution in [0.1, 0.15) is 30.5 Å². The number of hydrogen-bond acceptors (Lipinski definition) is 5. The molecule has 1 aromatic heterocycles. The van der Waals surface area contributed by atoms with Crippen LogP contribution in [-0.4, -0.2) is 40.5 Å². The minimum Gasteiger partial charge on any atom is -0.356 e. The fraction of sp³-hybridized carbons (Fsp3) is 0.450. The van der Waals surface area contributed by atoms with Crippen LogP contribution < -0.4 is 4.90 Å². The number of rotatable bonds is 3. The summed E-state index contributed by atoms with van der Waals surface area (Å²) in [5.41, 5.74) is 1.85. The lowest BCUT2D eigenvalue weighted by Gasteiger charge is -2.47. The molecule has 4 rings (SSSR count). The van der Waals surface area contributed by atoms with Gasteiger partial charge >= 0.3 is 0 Å². The molecule has 0 bridgehead atoms. The van der Waals surface area contributed by atoms with Gasteiger partial charge in [-0.25, -0.2) is 9.97 Å². The molecule has 2 aliphatic heterocycles. The summed E-state index contributed by atoms with van der Waals surface area (Å²) in [6, 6.07) is 15.4. The highest BCUT2D eigenvalue weighted by atomic mass is 15.2. The Labute approximate surface area is 148 Å². The van der Waals surface area contributed by atoms with E-state index in [2.05, 4.69) is 56.2 Å². The first-order chi connectivity index (χ1) is 12.3. The Kier molecular flexibility index (Phi) is 4.62. The highest BCUT2D eigenvalue weighted by Gasteiger charge is 2.36. The van der Waals surface area contributed by atoms with Crippen molar-refractivity contribution in [1.82, 2.24) is 14.9 Å². The molecule has 5 heteroatoms. The number of anilines is 1. The van der Waals surface area contributed by atoms with Gasteiger partial charge < -0.3 is 4.90 Å². The third-order valence-corrected chi connectivity index (χ3v) is 5.50. The lowest BCUT2D eigenvalue weighted by molar-refractivity contribution is 0.0700. The highest BCUT2D eigenvalue weighted by Crippen LogP contribution is 2.33. The number of hydrogen-bond donors (Lipinski definition) is 0. The molecule has 25 heavy (non-hydrogen) atoms. The zero-order valence-electron chi connectivity index (χ0n) is 14.4. The number of nitrogens with zero attached hydrogens (tertiary/aromatic N) is 5. The van der Waals surface area contributed by atoms with Crippen molar-refractivity contribution in [2.45, 2.75) is 31.8 Å². The lowest BCUT2D eigenvalue weighted by Crippen LogP contribution is -2.53.